The van der Waals surface area contributed by atoms with Crippen LogP contribution in [0.5, 0.6) is 0 Å². The van der Waals surface area contributed by atoms with E-state index >= 15 is 0 Å². The number of benzene rings is 1. The van der Waals surface area contributed by atoms with Crippen molar-refractivity contribution in [2.75, 3.05) is 5.75 Å². The van der Waals surface area contributed by atoms with E-state index in [0.29, 0.717) is 11.7 Å². The molecule has 1 spiro atoms. The lowest BCUT2D eigenvalue weighted by atomic mass is 9.80. The molecule has 0 saturated carbocycles. The molecule has 2 N–H and O–H groups in total. The molecule has 18 heavy (non-hydrogen) atoms. The van der Waals surface area contributed by atoms with Gasteiger partial charge in [0.15, 0.2) is 0 Å². The van der Waals surface area contributed by atoms with E-state index in [0.717, 1.165) is 12.8 Å². The van der Waals surface area contributed by atoms with E-state index in [-0.39, 0.29) is 4.87 Å². The summed E-state index contributed by atoms with van der Waals surface area (Å²) in [6.45, 7) is 2.25. The molecule has 3 nitrogen and oxygen atoms in total. The molecule has 2 aliphatic rings. The minimum absolute atomic E-state index is 0.174. The Balaban J connectivity index is 2.00. The molecule has 1 heterocycles. The number of thioether (sulfide) groups is 1. The first-order valence-corrected chi connectivity index (χ1v) is 7.35. The second kappa shape index (κ2) is 4.28. The van der Waals surface area contributed by atoms with Crippen molar-refractivity contribution < 1.29 is 9.90 Å². The molecule has 1 aromatic rings. The number of aliphatic carboxylic acids is 1. The zero-order valence-corrected chi connectivity index (χ0v) is 11.2. The molecule has 1 saturated heterocycles. The summed E-state index contributed by atoms with van der Waals surface area (Å²) in [5.41, 5.74) is 2.66. The Morgan fingerprint density at radius 3 is 3.00 bits per heavy atom. The summed E-state index contributed by atoms with van der Waals surface area (Å²) in [7, 11) is 0. The van der Waals surface area contributed by atoms with Crippen molar-refractivity contribution >= 4 is 17.7 Å². The van der Waals surface area contributed by atoms with Gasteiger partial charge in [0.1, 0.15) is 6.04 Å². The summed E-state index contributed by atoms with van der Waals surface area (Å²) in [6, 6.07) is 8.03. The first kappa shape index (κ1) is 12.1. The van der Waals surface area contributed by atoms with E-state index < -0.39 is 12.0 Å². The third-order valence-electron chi connectivity index (χ3n) is 4.06. The van der Waals surface area contributed by atoms with Gasteiger partial charge < -0.3 is 5.11 Å². The van der Waals surface area contributed by atoms with Gasteiger partial charge in [-0.2, -0.15) is 0 Å². The minimum Gasteiger partial charge on any atom is -0.480 e. The number of hydrogen-bond donors (Lipinski definition) is 2. The molecular weight excluding hydrogens is 246 g/mol. The van der Waals surface area contributed by atoms with Gasteiger partial charge in [-0.25, -0.2) is 0 Å². The molecule has 0 radical (unpaired) electrons. The summed E-state index contributed by atoms with van der Waals surface area (Å²) in [6.07, 6.45) is 2.13. The van der Waals surface area contributed by atoms with Gasteiger partial charge in [-0.1, -0.05) is 31.2 Å². The molecule has 3 atom stereocenters. The quantitative estimate of drug-likeness (QED) is 0.817. The van der Waals surface area contributed by atoms with Crippen molar-refractivity contribution in [3.63, 3.8) is 0 Å². The summed E-state index contributed by atoms with van der Waals surface area (Å²) < 4.78 is 0. The van der Waals surface area contributed by atoms with Crippen molar-refractivity contribution in [2.45, 2.75) is 36.6 Å². The van der Waals surface area contributed by atoms with Crippen molar-refractivity contribution in [3.8, 4) is 0 Å². The second-order valence-electron chi connectivity index (χ2n) is 5.20. The molecule has 0 aromatic heterocycles. The molecule has 0 bridgehead atoms. The SMILES string of the molecule is CC1CCC2(NC(C(=O)O)CS2)c2ccccc21. The highest BCUT2D eigenvalue weighted by Gasteiger charge is 2.46. The van der Waals surface area contributed by atoms with Gasteiger partial charge in [0.05, 0.1) is 4.87 Å². The van der Waals surface area contributed by atoms with Crippen LogP contribution in [0, 0.1) is 0 Å². The third kappa shape index (κ3) is 1.75. The van der Waals surface area contributed by atoms with E-state index in [9.17, 15) is 4.79 Å². The van der Waals surface area contributed by atoms with Crippen LogP contribution in [0.4, 0.5) is 0 Å². The fourth-order valence-corrected chi connectivity index (χ4v) is 4.53. The van der Waals surface area contributed by atoms with Crippen LogP contribution in [-0.4, -0.2) is 22.9 Å². The standard InChI is InChI=1S/C14H17NO2S/c1-9-6-7-14(11-5-3-2-4-10(9)11)15-12(8-18-14)13(16)17/h2-5,9,12,15H,6-8H2,1H3,(H,16,17). The largest absolute Gasteiger partial charge is 0.480 e. The monoisotopic (exact) mass is 263 g/mol. The molecule has 1 aliphatic carbocycles. The van der Waals surface area contributed by atoms with E-state index in [1.165, 1.54) is 11.1 Å². The fourth-order valence-electron chi connectivity index (χ4n) is 3.03. The van der Waals surface area contributed by atoms with Gasteiger partial charge in [-0.05, 0) is 29.9 Å². The highest BCUT2D eigenvalue weighted by Crippen LogP contribution is 2.50. The van der Waals surface area contributed by atoms with Crippen LogP contribution in [0.25, 0.3) is 0 Å². The van der Waals surface area contributed by atoms with E-state index in [1.54, 1.807) is 11.8 Å². The number of rotatable bonds is 1. The maximum absolute atomic E-state index is 11.1. The zero-order valence-electron chi connectivity index (χ0n) is 10.3. The molecule has 4 heteroatoms. The Morgan fingerprint density at radius 1 is 1.50 bits per heavy atom. The molecule has 3 rings (SSSR count). The number of nitrogens with one attached hydrogen (secondary N) is 1. The Bertz CT molecular complexity index is 490. The molecule has 1 fully saturated rings. The fraction of sp³-hybridized carbons (Fsp3) is 0.500. The Kier molecular flexibility index (Phi) is 2.87. The van der Waals surface area contributed by atoms with Crippen LogP contribution in [0.1, 0.15) is 36.8 Å². The molecule has 1 aliphatic heterocycles. The van der Waals surface area contributed by atoms with Crippen LogP contribution >= 0.6 is 11.8 Å². The van der Waals surface area contributed by atoms with Crippen molar-refractivity contribution in [2.24, 2.45) is 0 Å². The smallest absolute Gasteiger partial charge is 0.321 e. The predicted molar refractivity (Wildman–Crippen MR) is 72.8 cm³/mol. The highest BCUT2D eigenvalue weighted by molar-refractivity contribution is 8.00. The van der Waals surface area contributed by atoms with Crippen molar-refractivity contribution in [1.29, 1.82) is 0 Å². The van der Waals surface area contributed by atoms with E-state index in [2.05, 4.69) is 36.5 Å². The lowest BCUT2D eigenvalue weighted by molar-refractivity contribution is -0.138. The number of carboxylic acids is 1. The summed E-state index contributed by atoms with van der Waals surface area (Å²) in [5.74, 6) is 0.478. The maximum atomic E-state index is 11.1. The zero-order chi connectivity index (χ0) is 12.8. The highest BCUT2D eigenvalue weighted by atomic mass is 32.2. The average Bonchev–Trinajstić information content (AvgIpc) is 2.80. The third-order valence-corrected chi connectivity index (χ3v) is 5.59. The number of fused-ring (bicyclic) bond motifs is 2. The Morgan fingerprint density at radius 2 is 2.28 bits per heavy atom. The van der Waals surface area contributed by atoms with Gasteiger partial charge >= 0.3 is 5.97 Å². The lowest BCUT2D eigenvalue weighted by Gasteiger charge is -2.38. The normalized spacial score (nSPS) is 34.5. The van der Waals surface area contributed by atoms with Crippen molar-refractivity contribution in [1.82, 2.24) is 5.32 Å². The molecule has 96 valence electrons. The summed E-state index contributed by atoms with van der Waals surface area (Å²) >= 11 is 1.75. The van der Waals surface area contributed by atoms with Crippen LogP contribution in [0.15, 0.2) is 24.3 Å². The van der Waals surface area contributed by atoms with E-state index in [4.69, 9.17) is 5.11 Å². The van der Waals surface area contributed by atoms with Crippen LogP contribution < -0.4 is 5.32 Å². The molecule has 3 unspecified atom stereocenters. The maximum Gasteiger partial charge on any atom is 0.321 e. The predicted octanol–water partition coefficient (Wildman–Crippen LogP) is 2.53. The first-order valence-electron chi connectivity index (χ1n) is 6.36. The van der Waals surface area contributed by atoms with Gasteiger partial charge in [-0.3, -0.25) is 10.1 Å². The molecule has 1 aromatic carbocycles. The van der Waals surface area contributed by atoms with Crippen LogP contribution in [0.3, 0.4) is 0 Å². The number of hydrogen-bond acceptors (Lipinski definition) is 3. The Labute approximate surface area is 111 Å². The van der Waals surface area contributed by atoms with Gasteiger partial charge in [0, 0.05) is 5.75 Å². The van der Waals surface area contributed by atoms with Gasteiger partial charge in [0.2, 0.25) is 0 Å². The average molecular weight is 263 g/mol. The van der Waals surface area contributed by atoms with E-state index in [1.807, 2.05) is 0 Å². The second-order valence-corrected chi connectivity index (χ2v) is 6.52. The van der Waals surface area contributed by atoms with Crippen LogP contribution in [-0.2, 0) is 9.67 Å². The molecule has 0 amide bonds. The van der Waals surface area contributed by atoms with Crippen molar-refractivity contribution in [3.05, 3.63) is 35.4 Å². The number of carbonyl (C=O) groups is 1. The minimum atomic E-state index is -0.740. The first-order chi connectivity index (χ1) is 8.62. The Hall–Kier alpha value is -1.00. The topological polar surface area (TPSA) is 49.3 Å². The van der Waals surface area contributed by atoms with Gasteiger partial charge in [0.25, 0.3) is 0 Å². The number of carboxylic acid groups (broad SMARTS) is 1. The molecular formula is C14H17NO2S. The lowest BCUT2D eigenvalue weighted by Crippen LogP contribution is -2.45. The summed E-state index contributed by atoms with van der Waals surface area (Å²) in [5, 5.41) is 12.5. The van der Waals surface area contributed by atoms with Gasteiger partial charge in [-0.15, -0.1) is 11.8 Å². The van der Waals surface area contributed by atoms with Crippen LogP contribution in [0.2, 0.25) is 0 Å². The summed E-state index contributed by atoms with van der Waals surface area (Å²) in [4.78, 5) is 11.0.